The summed E-state index contributed by atoms with van der Waals surface area (Å²) in [6, 6.07) is 2.49. The van der Waals surface area contributed by atoms with Gasteiger partial charge in [0, 0.05) is 23.9 Å². The highest BCUT2D eigenvalue weighted by molar-refractivity contribution is 8.13. The molecule has 0 saturated carbocycles. The zero-order chi connectivity index (χ0) is 15.5. The number of aliphatic hydroxyl groups excluding tert-OH is 2. The first-order valence-electron chi connectivity index (χ1n) is 5.59. The molecule has 1 aromatic rings. The van der Waals surface area contributed by atoms with Crippen LogP contribution in [0, 0.1) is 0 Å². The van der Waals surface area contributed by atoms with Crippen molar-refractivity contribution in [1.82, 2.24) is 0 Å². The fraction of sp³-hybridized carbons (Fsp3) is 0.417. The second-order valence-corrected chi connectivity index (χ2v) is 5.35. The molecule has 0 bridgehead atoms. The Morgan fingerprint density at radius 3 is 2.45 bits per heavy atom. The van der Waals surface area contributed by atoms with Gasteiger partial charge < -0.3 is 15.9 Å². The number of thioether (sulfide) groups is 1. The van der Waals surface area contributed by atoms with E-state index in [1.54, 1.807) is 0 Å². The Hall–Kier alpha value is -1.25. The zero-order valence-corrected chi connectivity index (χ0v) is 11.3. The van der Waals surface area contributed by atoms with Crippen LogP contribution in [0.1, 0.15) is 24.2 Å². The van der Waals surface area contributed by atoms with Gasteiger partial charge in [-0.05, 0) is 12.1 Å². The Morgan fingerprint density at radius 1 is 1.40 bits per heavy atom. The normalized spacial score (nSPS) is 14.9. The third-order valence-electron chi connectivity index (χ3n) is 2.55. The van der Waals surface area contributed by atoms with Crippen LogP contribution in [0.3, 0.4) is 0 Å². The molecule has 4 N–H and O–H groups in total. The van der Waals surface area contributed by atoms with Crippen LogP contribution >= 0.6 is 11.8 Å². The van der Waals surface area contributed by atoms with Gasteiger partial charge in [-0.3, -0.25) is 4.79 Å². The first-order valence-corrected chi connectivity index (χ1v) is 6.57. The summed E-state index contributed by atoms with van der Waals surface area (Å²) in [7, 11) is 0. The molecule has 2 atom stereocenters. The van der Waals surface area contributed by atoms with Crippen LogP contribution in [0.5, 0.6) is 0 Å². The lowest BCUT2D eigenvalue weighted by atomic mass is 10.0. The summed E-state index contributed by atoms with van der Waals surface area (Å²) in [4.78, 5) is 10.7. The molecule has 0 fully saturated rings. The Labute approximate surface area is 117 Å². The summed E-state index contributed by atoms with van der Waals surface area (Å²) in [5, 5.41) is 19.3. The number of carbonyl (C=O) groups is 1. The predicted octanol–water partition coefficient (Wildman–Crippen LogP) is 1.96. The van der Waals surface area contributed by atoms with Crippen molar-refractivity contribution in [1.29, 1.82) is 0 Å². The van der Waals surface area contributed by atoms with Gasteiger partial charge in [0.25, 0.3) is 0 Å². The molecule has 1 rings (SSSR count). The summed E-state index contributed by atoms with van der Waals surface area (Å²) in [5.41, 5.74) is 4.27. The minimum absolute atomic E-state index is 0.00495. The van der Waals surface area contributed by atoms with Crippen molar-refractivity contribution in [3.8, 4) is 0 Å². The van der Waals surface area contributed by atoms with Crippen molar-refractivity contribution in [2.45, 2.75) is 25.3 Å². The van der Waals surface area contributed by atoms with Crippen LogP contribution in [-0.2, 0) is 11.0 Å². The van der Waals surface area contributed by atoms with Crippen LogP contribution in [0.15, 0.2) is 18.2 Å². The summed E-state index contributed by atoms with van der Waals surface area (Å²) in [6.07, 6.45) is -7.28. The lowest BCUT2D eigenvalue weighted by Gasteiger charge is -2.20. The Balaban J connectivity index is 2.88. The number of rotatable bonds is 4. The lowest BCUT2D eigenvalue weighted by Crippen LogP contribution is -2.22. The minimum Gasteiger partial charge on any atom is -0.398 e. The van der Waals surface area contributed by atoms with Crippen molar-refractivity contribution >= 4 is 22.6 Å². The monoisotopic (exact) mass is 309 g/mol. The van der Waals surface area contributed by atoms with Gasteiger partial charge in [-0.1, -0.05) is 17.8 Å². The molecule has 0 amide bonds. The maximum absolute atomic E-state index is 12.5. The molecule has 8 heteroatoms. The van der Waals surface area contributed by atoms with E-state index < -0.39 is 23.9 Å². The second kappa shape index (κ2) is 6.47. The molecule has 0 aliphatic rings. The fourth-order valence-corrected chi connectivity index (χ4v) is 2.11. The second-order valence-electron chi connectivity index (χ2n) is 4.16. The van der Waals surface area contributed by atoms with Crippen LogP contribution < -0.4 is 5.73 Å². The third kappa shape index (κ3) is 4.39. The summed E-state index contributed by atoms with van der Waals surface area (Å²) < 4.78 is 37.4. The number of carbonyl (C=O) groups excluding carboxylic acids is 1. The number of benzene rings is 1. The van der Waals surface area contributed by atoms with Crippen molar-refractivity contribution < 1.29 is 28.2 Å². The highest BCUT2D eigenvalue weighted by atomic mass is 32.2. The van der Waals surface area contributed by atoms with Crippen molar-refractivity contribution in [2.75, 3.05) is 11.5 Å². The molecule has 1 aromatic carbocycles. The Kier molecular flexibility index (Phi) is 5.43. The van der Waals surface area contributed by atoms with Crippen LogP contribution in [0.2, 0.25) is 0 Å². The smallest absolute Gasteiger partial charge is 0.398 e. The highest BCUT2D eigenvalue weighted by Gasteiger charge is 2.31. The van der Waals surface area contributed by atoms with Gasteiger partial charge in [-0.15, -0.1) is 0 Å². The van der Waals surface area contributed by atoms with Crippen molar-refractivity contribution in [3.63, 3.8) is 0 Å². The molecule has 0 aromatic heterocycles. The van der Waals surface area contributed by atoms with E-state index in [-0.39, 0.29) is 22.1 Å². The topological polar surface area (TPSA) is 83.5 Å². The average molecular weight is 309 g/mol. The van der Waals surface area contributed by atoms with E-state index in [2.05, 4.69) is 0 Å². The van der Waals surface area contributed by atoms with E-state index >= 15 is 0 Å². The van der Waals surface area contributed by atoms with E-state index in [0.717, 1.165) is 23.9 Å². The van der Waals surface area contributed by atoms with Crippen LogP contribution in [0.4, 0.5) is 18.9 Å². The number of nitrogen functional groups attached to an aromatic ring is 1. The zero-order valence-electron chi connectivity index (χ0n) is 10.5. The number of halogens is 3. The summed E-state index contributed by atoms with van der Waals surface area (Å²) in [6.45, 7) is 1.30. The van der Waals surface area contributed by atoms with E-state index in [1.165, 1.54) is 6.92 Å². The predicted molar refractivity (Wildman–Crippen MR) is 70.0 cm³/mol. The maximum atomic E-state index is 12.5. The van der Waals surface area contributed by atoms with E-state index in [4.69, 9.17) is 5.73 Å². The largest absolute Gasteiger partial charge is 0.416 e. The third-order valence-corrected chi connectivity index (χ3v) is 3.47. The van der Waals surface area contributed by atoms with Gasteiger partial charge in [-0.2, -0.15) is 13.2 Å². The summed E-state index contributed by atoms with van der Waals surface area (Å²) >= 11 is 0.806. The Bertz CT molecular complexity index is 493. The molecule has 0 spiro atoms. The Morgan fingerprint density at radius 2 is 2.00 bits per heavy atom. The molecule has 0 aliphatic heterocycles. The molecule has 2 unspecified atom stereocenters. The van der Waals surface area contributed by atoms with Gasteiger partial charge in [0.1, 0.15) is 6.10 Å². The fourth-order valence-electron chi connectivity index (χ4n) is 1.52. The molecule has 0 radical (unpaired) electrons. The van der Waals surface area contributed by atoms with Gasteiger partial charge in [0.05, 0.1) is 11.7 Å². The number of aliphatic hydroxyl groups is 2. The van der Waals surface area contributed by atoms with Gasteiger partial charge in [-0.25, -0.2) is 0 Å². The van der Waals surface area contributed by atoms with Crippen LogP contribution in [-0.4, -0.2) is 27.2 Å². The van der Waals surface area contributed by atoms with Gasteiger partial charge in [0.15, 0.2) is 5.12 Å². The lowest BCUT2D eigenvalue weighted by molar-refractivity contribution is -0.137. The average Bonchev–Trinajstić information content (AvgIpc) is 2.33. The molecule has 0 saturated heterocycles. The number of hydrogen-bond donors (Lipinski definition) is 3. The van der Waals surface area contributed by atoms with E-state index in [9.17, 15) is 28.2 Å². The van der Waals surface area contributed by atoms with Crippen molar-refractivity contribution in [3.05, 3.63) is 29.3 Å². The SMILES string of the molecule is CC(=O)SCC(O)C(O)c1ccc(C(F)(F)F)cc1N. The molecule has 112 valence electrons. The summed E-state index contributed by atoms with van der Waals surface area (Å²) in [5.74, 6) is -0.0725. The first kappa shape index (κ1) is 16.8. The molecular weight excluding hydrogens is 295 g/mol. The number of nitrogens with two attached hydrogens (primary N) is 1. The number of hydrogen-bond acceptors (Lipinski definition) is 5. The van der Waals surface area contributed by atoms with E-state index in [1.807, 2.05) is 0 Å². The highest BCUT2D eigenvalue weighted by Crippen LogP contribution is 2.33. The standard InChI is InChI=1S/C12H14F3NO3S/c1-6(17)20-5-10(18)11(19)8-3-2-7(4-9(8)16)12(13,14)15/h2-4,10-11,18-19H,5,16H2,1H3. The van der Waals surface area contributed by atoms with Gasteiger partial charge >= 0.3 is 6.18 Å². The quantitative estimate of drug-likeness (QED) is 0.741. The first-order chi connectivity index (χ1) is 9.12. The van der Waals surface area contributed by atoms with Crippen molar-refractivity contribution in [2.24, 2.45) is 0 Å². The molecule has 0 aliphatic carbocycles. The molecule has 0 heterocycles. The molecule has 20 heavy (non-hydrogen) atoms. The van der Waals surface area contributed by atoms with Gasteiger partial charge in [0.2, 0.25) is 0 Å². The minimum atomic E-state index is -4.53. The number of alkyl halides is 3. The maximum Gasteiger partial charge on any atom is 0.416 e. The molecule has 4 nitrogen and oxygen atoms in total. The molecular formula is C12H14F3NO3S. The number of anilines is 1. The van der Waals surface area contributed by atoms with Crippen LogP contribution in [0.25, 0.3) is 0 Å². The van der Waals surface area contributed by atoms with E-state index in [0.29, 0.717) is 6.07 Å².